The molecule has 0 spiro atoms. The molecule has 0 saturated carbocycles. The van der Waals surface area contributed by atoms with Gasteiger partial charge in [-0.2, -0.15) is 0 Å². The van der Waals surface area contributed by atoms with Gasteiger partial charge in [-0.15, -0.1) is 0 Å². The Labute approximate surface area is 141 Å². The zero-order valence-electron chi connectivity index (χ0n) is 15.5. The van der Waals surface area contributed by atoms with Crippen molar-refractivity contribution in [1.29, 1.82) is 5.41 Å². The van der Waals surface area contributed by atoms with E-state index in [0.717, 1.165) is 30.5 Å². The standard InChI is InChI=1S/C21H30N2/c1-7-8-9-21(22)20-13-17(23(5)6)10-11-18(20)19-12-14(2)15(3)16(19)4/h10-13,19,22H,7-9H2,1-6H3. The smallest absolute Gasteiger partial charge is 0.0390 e. The summed E-state index contributed by atoms with van der Waals surface area (Å²) in [6.07, 6.45) is 5.42. The molecule has 0 amide bonds. The molecule has 0 saturated heterocycles. The average Bonchev–Trinajstić information content (AvgIpc) is 2.79. The molecule has 1 aliphatic rings. The van der Waals surface area contributed by atoms with Crippen molar-refractivity contribution >= 4 is 11.4 Å². The van der Waals surface area contributed by atoms with Crippen LogP contribution in [-0.2, 0) is 0 Å². The first-order chi connectivity index (χ1) is 10.9. The Hall–Kier alpha value is -1.83. The van der Waals surface area contributed by atoms with Crippen LogP contribution < -0.4 is 4.90 Å². The zero-order valence-corrected chi connectivity index (χ0v) is 15.5. The van der Waals surface area contributed by atoms with Gasteiger partial charge in [-0.1, -0.05) is 36.6 Å². The molecule has 1 aromatic carbocycles. The van der Waals surface area contributed by atoms with E-state index in [4.69, 9.17) is 5.41 Å². The van der Waals surface area contributed by atoms with Gasteiger partial charge in [-0.25, -0.2) is 0 Å². The largest absolute Gasteiger partial charge is 0.378 e. The molecule has 0 aromatic heterocycles. The molecule has 1 N–H and O–H groups in total. The first-order valence-corrected chi connectivity index (χ1v) is 8.62. The second-order valence-electron chi connectivity index (χ2n) is 6.88. The van der Waals surface area contributed by atoms with Gasteiger partial charge in [-0.05, 0) is 56.9 Å². The predicted molar refractivity (Wildman–Crippen MR) is 102 cm³/mol. The van der Waals surface area contributed by atoms with Crippen LogP contribution in [0.2, 0.25) is 0 Å². The summed E-state index contributed by atoms with van der Waals surface area (Å²) >= 11 is 0. The van der Waals surface area contributed by atoms with E-state index < -0.39 is 0 Å². The molecule has 0 heterocycles. The molecule has 2 heteroatoms. The van der Waals surface area contributed by atoms with Crippen LogP contribution in [0.1, 0.15) is 64.0 Å². The van der Waals surface area contributed by atoms with E-state index in [1.807, 2.05) is 0 Å². The molecule has 23 heavy (non-hydrogen) atoms. The summed E-state index contributed by atoms with van der Waals surface area (Å²) in [7, 11) is 4.12. The van der Waals surface area contributed by atoms with Gasteiger partial charge in [0.05, 0.1) is 0 Å². The molecular weight excluding hydrogens is 280 g/mol. The van der Waals surface area contributed by atoms with Gasteiger partial charge in [0.1, 0.15) is 0 Å². The second-order valence-corrected chi connectivity index (χ2v) is 6.88. The second kappa shape index (κ2) is 7.16. The summed E-state index contributed by atoms with van der Waals surface area (Å²) in [5.74, 6) is 0.322. The van der Waals surface area contributed by atoms with Crippen LogP contribution in [-0.4, -0.2) is 19.8 Å². The lowest BCUT2D eigenvalue weighted by Gasteiger charge is -2.21. The lowest BCUT2D eigenvalue weighted by molar-refractivity contribution is 0.831. The molecule has 1 aromatic rings. The van der Waals surface area contributed by atoms with Crippen LogP contribution in [0.3, 0.4) is 0 Å². The fraction of sp³-hybridized carbons (Fsp3) is 0.476. The van der Waals surface area contributed by atoms with Crippen molar-refractivity contribution < 1.29 is 0 Å². The Morgan fingerprint density at radius 3 is 2.39 bits per heavy atom. The molecule has 0 radical (unpaired) electrons. The molecule has 0 fully saturated rings. The fourth-order valence-electron chi connectivity index (χ4n) is 3.21. The summed E-state index contributed by atoms with van der Waals surface area (Å²) < 4.78 is 0. The van der Waals surface area contributed by atoms with Crippen LogP contribution in [0.15, 0.2) is 41.0 Å². The number of hydrogen-bond acceptors (Lipinski definition) is 2. The number of rotatable bonds is 6. The molecule has 0 aliphatic heterocycles. The zero-order chi connectivity index (χ0) is 17.1. The normalized spacial score (nSPS) is 17.5. The highest BCUT2D eigenvalue weighted by Crippen LogP contribution is 2.39. The van der Waals surface area contributed by atoms with Crippen molar-refractivity contribution in [2.24, 2.45) is 0 Å². The highest BCUT2D eigenvalue weighted by Gasteiger charge is 2.23. The number of nitrogens with zero attached hydrogens (tertiary/aromatic N) is 1. The van der Waals surface area contributed by atoms with Crippen LogP contribution in [0.5, 0.6) is 0 Å². The first-order valence-electron chi connectivity index (χ1n) is 8.62. The lowest BCUT2D eigenvalue weighted by atomic mass is 9.87. The predicted octanol–water partition coefficient (Wildman–Crippen LogP) is 5.69. The summed E-state index contributed by atoms with van der Waals surface area (Å²) in [5, 5.41) is 8.59. The summed E-state index contributed by atoms with van der Waals surface area (Å²) in [4.78, 5) is 2.12. The van der Waals surface area contributed by atoms with E-state index in [-0.39, 0.29) is 0 Å². The number of hydrogen-bond donors (Lipinski definition) is 1. The molecule has 2 rings (SSSR count). The highest BCUT2D eigenvalue weighted by atomic mass is 15.1. The summed E-state index contributed by atoms with van der Waals surface area (Å²) in [6.45, 7) is 8.81. The lowest BCUT2D eigenvalue weighted by Crippen LogP contribution is -2.13. The molecule has 124 valence electrons. The Morgan fingerprint density at radius 1 is 1.17 bits per heavy atom. The third kappa shape index (κ3) is 3.57. The van der Waals surface area contributed by atoms with Crippen LogP contribution in [0.4, 0.5) is 5.69 Å². The van der Waals surface area contributed by atoms with Gasteiger partial charge >= 0.3 is 0 Å². The SMILES string of the molecule is CCCCC(=N)c1cc(N(C)C)ccc1C1C=C(C)C(C)=C1C. The van der Waals surface area contributed by atoms with Gasteiger partial charge in [0.15, 0.2) is 0 Å². The molecule has 2 nitrogen and oxygen atoms in total. The average molecular weight is 310 g/mol. The van der Waals surface area contributed by atoms with Crippen LogP contribution in [0.25, 0.3) is 0 Å². The number of unbranched alkanes of at least 4 members (excludes halogenated alkanes) is 1. The Bertz CT molecular complexity index is 662. The molecule has 1 aliphatic carbocycles. The van der Waals surface area contributed by atoms with E-state index in [1.54, 1.807) is 0 Å². The third-order valence-electron chi connectivity index (χ3n) is 5.06. The monoisotopic (exact) mass is 310 g/mol. The fourth-order valence-corrected chi connectivity index (χ4v) is 3.21. The minimum atomic E-state index is 0.322. The molecule has 1 unspecified atom stereocenters. The Kier molecular flexibility index (Phi) is 5.46. The summed E-state index contributed by atoms with van der Waals surface area (Å²) in [6, 6.07) is 6.59. The molecule has 1 atom stereocenters. The Balaban J connectivity index is 2.49. The maximum absolute atomic E-state index is 8.59. The van der Waals surface area contributed by atoms with Gasteiger partial charge < -0.3 is 10.3 Å². The number of allylic oxidation sites excluding steroid dienone is 4. The quantitative estimate of drug-likeness (QED) is 0.671. The van der Waals surface area contributed by atoms with E-state index >= 15 is 0 Å². The number of nitrogens with one attached hydrogen (secondary N) is 1. The first kappa shape index (κ1) is 17.5. The van der Waals surface area contributed by atoms with Gasteiger partial charge in [0, 0.05) is 37.0 Å². The van der Waals surface area contributed by atoms with E-state index in [9.17, 15) is 0 Å². The highest BCUT2D eigenvalue weighted by molar-refractivity contribution is 6.00. The number of benzene rings is 1. The molecule has 0 bridgehead atoms. The molecular formula is C21H30N2. The van der Waals surface area contributed by atoms with Crippen molar-refractivity contribution in [1.82, 2.24) is 0 Å². The van der Waals surface area contributed by atoms with E-state index in [1.165, 1.54) is 28.0 Å². The van der Waals surface area contributed by atoms with Gasteiger partial charge in [0.2, 0.25) is 0 Å². The number of anilines is 1. The summed E-state index contributed by atoms with van der Waals surface area (Å²) in [5.41, 5.74) is 8.53. The van der Waals surface area contributed by atoms with Crippen molar-refractivity contribution in [3.05, 3.63) is 52.1 Å². The van der Waals surface area contributed by atoms with Crippen LogP contribution in [0, 0.1) is 5.41 Å². The van der Waals surface area contributed by atoms with Crippen molar-refractivity contribution in [3.63, 3.8) is 0 Å². The van der Waals surface area contributed by atoms with Crippen molar-refractivity contribution in [2.45, 2.75) is 52.9 Å². The van der Waals surface area contributed by atoms with Gasteiger partial charge in [0.25, 0.3) is 0 Å². The van der Waals surface area contributed by atoms with Crippen molar-refractivity contribution in [2.75, 3.05) is 19.0 Å². The third-order valence-corrected chi connectivity index (χ3v) is 5.06. The van der Waals surface area contributed by atoms with Crippen molar-refractivity contribution in [3.8, 4) is 0 Å². The Morgan fingerprint density at radius 2 is 1.87 bits per heavy atom. The van der Waals surface area contributed by atoms with Crippen LogP contribution >= 0.6 is 0 Å². The minimum absolute atomic E-state index is 0.322. The van der Waals surface area contributed by atoms with E-state index in [2.05, 4.69) is 71.0 Å². The minimum Gasteiger partial charge on any atom is -0.378 e. The van der Waals surface area contributed by atoms with Gasteiger partial charge in [-0.3, -0.25) is 0 Å². The maximum atomic E-state index is 8.59. The topological polar surface area (TPSA) is 27.1 Å². The maximum Gasteiger partial charge on any atom is 0.0390 e. The van der Waals surface area contributed by atoms with E-state index in [0.29, 0.717) is 5.92 Å².